The fourth-order valence-electron chi connectivity index (χ4n) is 2.14. The van der Waals surface area contributed by atoms with Gasteiger partial charge in [0.2, 0.25) is 5.91 Å². The summed E-state index contributed by atoms with van der Waals surface area (Å²) in [5.41, 5.74) is 0. The Morgan fingerprint density at radius 2 is 2.12 bits per heavy atom. The van der Waals surface area contributed by atoms with Crippen molar-refractivity contribution in [3.63, 3.8) is 0 Å². The summed E-state index contributed by atoms with van der Waals surface area (Å²) in [5, 5.41) is 2.92. The van der Waals surface area contributed by atoms with Gasteiger partial charge in [-0.3, -0.25) is 4.79 Å². The fourth-order valence-corrected chi connectivity index (χ4v) is 3.88. The second kappa shape index (κ2) is 6.38. The van der Waals surface area contributed by atoms with Crippen LogP contribution in [0.5, 0.6) is 0 Å². The molecule has 1 aliphatic heterocycles. The number of rotatable bonds is 6. The highest BCUT2D eigenvalue weighted by Crippen LogP contribution is 2.18. The first-order valence-corrected chi connectivity index (χ1v) is 8.27. The summed E-state index contributed by atoms with van der Waals surface area (Å²) in [5.74, 6) is -0.223. The smallest absolute Gasteiger partial charge is 0.224 e. The Hall–Kier alpha value is -0.580. The van der Waals surface area contributed by atoms with Crippen LogP contribution in [0.4, 0.5) is 0 Å². The maximum absolute atomic E-state index is 11.8. The van der Waals surface area contributed by atoms with E-state index < -0.39 is 9.84 Å². The van der Waals surface area contributed by atoms with E-state index in [2.05, 4.69) is 12.2 Å². The first-order chi connectivity index (χ1) is 7.94. The van der Waals surface area contributed by atoms with Crippen molar-refractivity contribution in [3.8, 4) is 0 Å². The Labute approximate surface area is 104 Å². The lowest BCUT2D eigenvalue weighted by Crippen LogP contribution is -2.37. The van der Waals surface area contributed by atoms with Crippen molar-refractivity contribution in [1.29, 1.82) is 0 Å². The minimum atomic E-state index is -2.96. The van der Waals surface area contributed by atoms with Gasteiger partial charge in [0.05, 0.1) is 17.4 Å². The molecule has 1 rings (SSSR count). The van der Waals surface area contributed by atoms with Crippen molar-refractivity contribution >= 4 is 15.7 Å². The summed E-state index contributed by atoms with van der Waals surface area (Å²) in [6.45, 7) is 4.13. The summed E-state index contributed by atoms with van der Waals surface area (Å²) in [6.07, 6.45) is 4.91. The van der Waals surface area contributed by atoms with Crippen molar-refractivity contribution in [2.24, 2.45) is 5.92 Å². The Balaban J connectivity index is 2.29. The molecule has 17 heavy (non-hydrogen) atoms. The second-order valence-corrected chi connectivity index (χ2v) is 7.23. The number of carbonyl (C=O) groups excluding carboxylic acids is 1. The van der Waals surface area contributed by atoms with Gasteiger partial charge in [-0.1, -0.05) is 26.2 Å². The molecule has 2 atom stereocenters. The monoisotopic (exact) mass is 261 g/mol. The third-order valence-electron chi connectivity index (χ3n) is 3.23. The van der Waals surface area contributed by atoms with E-state index in [1.807, 2.05) is 6.92 Å². The molecule has 0 bridgehead atoms. The van der Waals surface area contributed by atoms with Crippen LogP contribution in [-0.2, 0) is 14.6 Å². The Bertz CT molecular complexity index is 351. The van der Waals surface area contributed by atoms with E-state index in [1.54, 1.807) is 0 Å². The highest BCUT2D eigenvalue weighted by atomic mass is 32.2. The highest BCUT2D eigenvalue weighted by molar-refractivity contribution is 7.91. The fraction of sp³-hybridized carbons (Fsp3) is 0.917. The van der Waals surface area contributed by atoms with Gasteiger partial charge in [-0.2, -0.15) is 0 Å². The number of unbranched alkanes of at least 4 members (excludes halogenated alkanes) is 2. The summed E-state index contributed by atoms with van der Waals surface area (Å²) in [6, 6.07) is 0.150. The van der Waals surface area contributed by atoms with E-state index in [4.69, 9.17) is 0 Å². The van der Waals surface area contributed by atoms with Crippen LogP contribution in [-0.4, -0.2) is 31.9 Å². The van der Waals surface area contributed by atoms with Crippen molar-refractivity contribution < 1.29 is 13.2 Å². The molecule has 0 aliphatic carbocycles. The van der Waals surface area contributed by atoms with Crippen molar-refractivity contribution in [1.82, 2.24) is 5.32 Å². The van der Waals surface area contributed by atoms with Crippen molar-refractivity contribution in [2.45, 2.75) is 52.0 Å². The zero-order chi connectivity index (χ0) is 12.9. The van der Waals surface area contributed by atoms with Gasteiger partial charge in [0.15, 0.2) is 9.84 Å². The Kier molecular flexibility index (Phi) is 5.43. The highest BCUT2D eigenvalue weighted by Gasteiger charge is 2.33. The standard InChI is InChI=1S/C12H23NO3S/c1-3-4-5-6-10(2)13-12(14)11-7-8-17(15,16)9-11/h10-11H,3-9H2,1-2H3,(H,13,14). The predicted octanol–water partition coefficient (Wildman–Crippen LogP) is 1.51. The Morgan fingerprint density at radius 1 is 1.41 bits per heavy atom. The van der Waals surface area contributed by atoms with E-state index in [9.17, 15) is 13.2 Å². The molecule has 0 spiro atoms. The van der Waals surface area contributed by atoms with Crippen molar-refractivity contribution in [2.75, 3.05) is 11.5 Å². The third kappa shape index (κ3) is 5.06. The van der Waals surface area contributed by atoms with Crippen LogP contribution in [0.15, 0.2) is 0 Å². The molecule has 4 nitrogen and oxygen atoms in total. The molecule has 5 heteroatoms. The van der Waals surface area contributed by atoms with Gasteiger partial charge < -0.3 is 5.32 Å². The third-order valence-corrected chi connectivity index (χ3v) is 5.00. The lowest BCUT2D eigenvalue weighted by Gasteiger charge is -2.16. The minimum absolute atomic E-state index is 0.0283. The average molecular weight is 261 g/mol. The average Bonchev–Trinajstić information content (AvgIpc) is 2.59. The van der Waals surface area contributed by atoms with Crippen LogP contribution in [0, 0.1) is 5.92 Å². The molecule has 1 N–H and O–H groups in total. The van der Waals surface area contributed by atoms with Gasteiger partial charge in [0.1, 0.15) is 0 Å². The summed E-state index contributed by atoms with van der Waals surface area (Å²) in [7, 11) is -2.96. The molecule has 0 saturated carbocycles. The SMILES string of the molecule is CCCCCC(C)NC(=O)C1CCS(=O)(=O)C1. The topological polar surface area (TPSA) is 63.2 Å². The molecule has 0 aromatic heterocycles. The number of carbonyl (C=O) groups is 1. The minimum Gasteiger partial charge on any atom is -0.353 e. The van der Waals surface area contributed by atoms with Gasteiger partial charge in [-0.25, -0.2) is 8.42 Å². The molecule has 1 fully saturated rings. The van der Waals surface area contributed by atoms with Gasteiger partial charge in [-0.05, 0) is 19.8 Å². The molecular weight excluding hydrogens is 238 g/mol. The van der Waals surface area contributed by atoms with Gasteiger partial charge in [0.25, 0.3) is 0 Å². The van der Waals surface area contributed by atoms with E-state index in [0.717, 1.165) is 12.8 Å². The number of sulfone groups is 1. The quantitative estimate of drug-likeness (QED) is 0.737. The lowest BCUT2D eigenvalue weighted by molar-refractivity contribution is -0.124. The van der Waals surface area contributed by atoms with E-state index >= 15 is 0 Å². The molecule has 0 aromatic carbocycles. The first-order valence-electron chi connectivity index (χ1n) is 6.45. The number of hydrogen-bond acceptors (Lipinski definition) is 3. The number of hydrogen-bond donors (Lipinski definition) is 1. The van der Waals surface area contributed by atoms with Gasteiger partial charge in [0, 0.05) is 6.04 Å². The molecule has 0 radical (unpaired) electrons. The van der Waals surface area contributed by atoms with Crippen LogP contribution in [0.25, 0.3) is 0 Å². The molecule has 1 amide bonds. The predicted molar refractivity (Wildman–Crippen MR) is 68.5 cm³/mol. The first kappa shape index (κ1) is 14.5. The Morgan fingerprint density at radius 3 is 2.65 bits per heavy atom. The van der Waals surface area contributed by atoms with Crippen LogP contribution in [0.3, 0.4) is 0 Å². The largest absolute Gasteiger partial charge is 0.353 e. The molecule has 1 saturated heterocycles. The summed E-state index contributed by atoms with van der Waals surface area (Å²) >= 11 is 0. The van der Waals surface area contributed by atoms with Gasteiger partial charge >= 0.3 is 0 Å². The molecular formula is C12H23NO3S. The summed E-state index contributed by atoms with van der Waals surface area (Å²) in [4.78, 5) is 11.8. The van der Waals surface area contributed by atoms with Crippen LogP contribution in [0.2, 0.25) is 0 Å². The molecule has 100 valence electrons. The molecule has 0 aromatic rings. The zero-order valence-electron chi connectivity index (χ0n) is 10.7. The van der Waals surface area contributed by atoms with Crippen molar-refractivity contribution in [3.05, 3.63) is 0 Å². The normalized spacial score (nSPS) is 24.5. The number of nitrogens with one attached hydrogen (secondary N) is 1. The second-order valence-electron chi connectivity index (χ2n) is 5.01. The van der Waals surface area contributed by atoms with Crippen LogP contribution in [0.1, 0.15) is 46.0 Å². The molecule has 1 heterocycles. The maximum atomic E-state index is 11.8. The van der Waals surface area contributed by atoms with Crippen LogP contribution >= 0.6 is 0 Å². The van der Waals surface area contributed by atoms with Gasteiger partial charge in [-0.15, -0.1) is 0 Å². The maximum Gasteiger partial charge on any atom is 0.224 e. The van der Waals surface area contributed by atoms with Crippen LogP contribution < -0.4 is 5.32 Å². The van der Waals surface area contributed by atoms with E-state index in [0.29, 0.717) is 6.42 Å². The molecule has 2 unspecified atom stereocenters. The zero-order valence-corrected chi connectivity index (χ0v) is 11.6. The summed E-state index contributed by atoms with van der Waals surface area (Å²) < 4.78 is 22.5. The van der Waals surface area contributed by atoms with E-state index in [-0.39, 0.29) is 29.4 Å². The van der Waals surface area contributed by atoms with E-state index in [1.165, 1.54) is 12.8 Å². The molecule has 1 aliphatic rings. The lowest BCUT2D eigenvalue weighted by atomic mass is 10.1. The number of amides is 1.